The summed E-state index contributed by atoms with van der Waals surface area (Å²) in [4.78, 5) is 6.84. The second kappa shape index (κ2) is 8.93. The topological polar surface area (TPSA) is 65.7 Å². The largest absolute Gasteiger partial charge is 0.366 e. The van der Waals surface area contributed by atoms with E-state index in [9.17, 15) is 0 Å². The molecule has 6 nitrogen and oxygen atoms in total. The van der Waals surface area contributed by atoms with Crippen molar-refractivity contribution in [1.82, 2.24) is 15.8 Å². The van der Waals surface area contributed by atoms with Crippen LogP contribution in [0.3, 0.4) is 0 Å². The zero-order chi connectivity index (χ0) is 19.2. The van der Waals surface area contributed by atoms with Crippen LogP contribution < -0.4 is 15.5 Å². The Labute approximate surface area is 162 Å². The molecule has 0 saturated heterocycles. The average Bonchev–Trinajstić information content (AvgIpc) is 3.31. The molecule has 2 aromatic rings. The maximum absolute atomic E-state index is 5.44. The van der Waals surface area contributed by atoms with Crippen molar-refractivity contribution in [3.8, 4) is 0 Å². The van der Waals surface area contributed by atoms with Crippen molar-refractivity contribution in [2.75, 3.05) is 25.0 Å². The van der Waals surface area contributed by atoms with Gasteiger partial charge in [0.1, 0.15) is 5.76 Å². The first-order chi connectivity index (χ1) is 13.2. The van der Waals surface area contributed by atoms with Gasteiger partial charge in [-0.3, -0.25) is 4.99 Å². The van der Waals surface area contributed by atoms with Crippen molar-refractivity contribution in [1.29, 1.82) is 0 Å². The molecule has 1 unspecified atom stereocenters. The van der Waals surface area contributed by atoms with E-state index in [0.717, 1.165) is 55.3 Å². The van der Waals surface area contributed by atoms with E-state index < -0.39 is 0 Å². The molecule has 0 fully saturated rings. The highest BCUT2D eigenvalue weighted by Crippen LogP contribution is 2.28. The standard InChI is InChI=1S/C21H31N5O/c1-5-18-17(20(6-2)27-25-18)14-24-21(22-4)23-13-15(3)26-12-11-16-9-7-8-10-19(16)26/h7-10,15H,5-6,11-14H2,1-4H3,(H2,22,23,24). The van der Waals surface area contributed by atoms with Crippen molar-refractivity contribution in [2.45, 2.75) is 52.6 Å². The third-order valence-corrected chi connectivity index (χ3v) is 5.28. The third-order valence-electron chi connectivity index (χ3n) is 5.28. The number of para-hydroxylation sites is 1. The van der Waals surface area contributed by atoms with Gasteiger partial charge in [0.25, 0.3) is 0 Å². The van der Waals surface area contributed by atoms with E-state index in [0.29, 0.717) is 12.6 Å². The summed E-state index contributed by atoms with van der Waals surface area (Å²) in [6.45, 7) is 9.03. The van der Waals surface area contributed by atoms with Crippen LogP contribution in [0.4, 0.5) is 5.69 Å². The average molecular weight is 370 g/mol. The second-order valence-electron chi connectivity index (χ2n) is 6.97. The van der Waals surface area contributed by atoms with E-state index in [2.05, 4.69) is 70.7 Å². The van der Waals surface area contributed by atoms with Crippen molar-refractivity contribution in [2.24, 2.45) is 4.99 Å². The number of aryl methyl sites for hydroxylation is 2. The molecule has 1 atom stereocenters. The molecule has 3 rings (SSSR count). The van der Waals surface area contributed by atoms with Gasteiger partial charge in [-0.15, -0.1) is 0 Å². The van der Waals surface area contributed by atoms with Gasteiger partial charge in [-0.25, -0.2) is 0 Å². The fourth-order valence-corrected chi connectivity index (χ4v) is 3.71. The highest BCUT2D eigenvalue weighted by atomic mass is 16.5. The summed E-state index contributed by atoms with van der Waals surface area (Å²) in [5.74, 6) is 1.76. The highest BCUT2D eigenvalue weighted by molar-refractivity contribution is 5.79. The lowest BCUT2D eigenvalue weighted by Gasteiger charge is -2.28. The molecule has 2 N–H and O–H groups in total. The molecule has 0 aliphatic carbocycles. The number of benzene rings is 1. The molecule has 0 saturated carbocycles. The Morgan fingerprint density at radius 1 is 1.26 bits per heavy atom. The first-order valence-electron chi connectivity index (χ1n) is 9.93. The second-order valence-corrected chi connectivity index (χ2v) is 6.97. The van der Waals surface area contributed by atoms with Gasteiger partial charge in [-0.05, 0) is 31.4 Å². The number of hydrogen-bond acceptors (Lipinski definition) is 4. The number of hydrogen-bond donors (Lipinski definition) is 2. The predicted molar refractivity (Wildman–Crippen MR) is 110 cm³/mol. The van der Waals surface area contributed by atoms with Crippen LogP contribution in [0.25, 0.3) is 0 Å². The van der Waals surface area contributed by atoms with Gasteiger partial charge < -0.3 is 20.1 Å². The van der Waals surface area contributed by atoms with Crippen LogP contribution in [0.2, 0.25) is 0 Å². The molecule has 1 aliphatic rings. The number of nitrogens with one attached hydrogen (secondary N) is 2. The number of aliphatic imine (C=N–C) groups is 1. The summed E-state index contributed by atoms with van der Waals surface area (Å²) in [5.41, 5.74) is 4.99. The van der Waals surface area contributed by atoms with E-state index >= 15 is 0 Å². The zero-order valence-corrected chi connectivity index (χ0v) is 16.9. The monoisotopic (exact) mass is 369 g/mol. The first-order valence-corrected chi connectivity index (χ1v) is 9.93. The van der Waals surface area contributed by atoms with Crippen LogP contribution in [0.1, 0.15) is 43.4 Å². The number of anilines is 1. The fraction of sp³-hybridized carbons (Fsp3) is 0.524. The minimum atomic E-state index is 0.389. The minimum absolute atomic E-state index is 0.389. The SMILES string of the molecule is CCc1noc(CC)c1CNC(=NC)NCC(C)N1CCc2ccccc21. The Balaban J connectivity index is 1.55. The maximum Gasteiger partial charge on any atom is 0.191 e. The normalized spacial score (nSPS) is 15.0. The first kappa shape index (κ1) is 19.3. The Kier molecular flexibility index (Phi) is 6.37. The van der Waals surface area contributed by atoms with Crippen LogP contribution in [0, 0.1) is 0 Å². The van der Waals surface area contributed by atoms with Gasteiger partial charge in [0.2, 0.25) is 0 Å². The summed E-state index contributed by atoms with van der Waals surface area (Å²) >= 11 is 0. The van der Waals surface area contributed by atoms with Crippen molar-refractivity contribution in [3.05, 3.63) is 46.8 Å². The van der Waals surface area contributed by atoms with Gasteiger partial charge in [-0.1, -0.05) is 37.2 Å². The summed E-state index contributed by atoms with van der Waals surface area (Å²) in [6, 6.07) is 9.08. The van der Waals surface area contributed by atoms with E-state index in [4.69, 9.17) is 4.52 Å². The van der Waals surface area contributed by atoms with Crippen LogP contribution in [-0.4, -0.2) is 37.3 Å². The highest BCUT2D eigenvalue weighted by Gasteiger charge is 2.23. The van der Waals surface area contributed by atoms with Gasteiger partial charge in [0, 0.05) is 50.4 Å². The maximum atomic E-state index is 5.44. The summed E-state index contributed by atoms with van der Waals surface area (Å²) in [6.07, 6.45) is 2.85. The lowest BCUT2D eigenvalue weighted by Crippen LogP contribution is -2.45. The van der Waals surface area contributed by atoms with Gasteiger partial charge in [0.05, 0.1) is 5.69 Å². The molecule has 1 aliphatic heterocycles. The van der Waals surface area contributed by atoms with Crippen molar-refractivity contribution in [3.63, 3.8) is 0 Å². The lowest BCUT2D eigenvalue weighted by atomic mass is 10.1. The van der Waals surface area contributed by atoms with E-state index in [1.807, 2.05) is 0 Å². The molecule has 146 valence electrons. The summed E-state index contributed by atoms with van der Waals surface area (Å²) in [5, 5.41) is 11.0. The van der Waals surface area contributed by atoms with E-state index in [1.54, 1.807) is 7.05 Å². The molecular formula is C21H31N5O. The molecule has 0 radical (unpaired) electrons. The number of fused-ring (bicyclic) bond motifs is 1. The third kappa shape index (κ3) is 4.26. The molecule has 1 aromatic carbocycles. The Morgan fingerprint density at radius 3 is 2.81 bits per heavy atom. The number of aromatic nitrogens is 1. The molecule has 0 spiro atoms. The summed E-state index contributed by atoms with van der Waals surface area (Å²) < 4.78 is 5.44. The Morgan fingerprint density at radius 2 is 2.07 bits per heavy atom. The van der Waals surface area contributed by atoms with Gasteiger partial charge >= 0.3 is 0 Å². The lowest BCUT2D eigenvalue weighted by molar-refractivity contribution is 0.380. The molecule has 1 aromatic heterocycles. The number of nitrogens with zero attached hydrogens (tertiary/aromatic N) is 3. The van der Waals surface area contributed by atoms with Crippen LogP contribution >= 0.6 is 0 Å². The number of guanidine groups is 1. The van der Waals surface area contributed by atoms with Crippen LogP contribution in [-0.2, 0) is 25.8 Å². The molecule has 27 heavy (non-hydrogen) atoms. The number of rotatable bonds is 7. The van der Waals surface area contributed by atoms with Crippen molar-refractivity contribution >= 4 is 11.6 Å². The zero-order valence-electron chi connectivity index (χ0n) is 16.9. The van der Waals surface area contributed by atoms with Crippen LogP contribution in [0.15, 0.2) is 33.8 Å². The van der Waals surface area contributed by atoms with Gasteiger partial charge in [-0.2, -0.15) is 0 Å². The molecule has 0 bridgehead atoms. The van der Waals surface area contributed by atoms with Gasteiger partial charge in [0.15, 0.2) is 5.96 Å². The fourth-order valence-electron chi connectivity index (χ4n) is 3.71. The van der Waals surface area contributed by atoms with Crippen molar-refractivity contribution < 1.29 is 4.52 Å². The van der Waals surface area contributed by atoms with Crippen LogP contribution in [0.5, 0.6) is 0 Å². The predicted octanol–water partition coefficient (Wildman–Crippen LogP) is 2.92. The Bertz CT molecular complexity index is 761. The summed E-state index contributed by atoms with van der Waals surface area (Å²) in [7, 11) is 1.81. The smallest absolute Gasteiger partial charge is 0.191 e. The Hall–Kier alpha value is -2.50. The molecule has 0 amide bonds. The van der Waals surface area contributed by atoms with E-state index in [1.165, 1.54) is 11.3 Å². The minimum Gasteiger partial charge on any atom is -0.366 e. The molecular weight excluding hydrogens is 338 g/mol. The van der Waals surface area contributed by atoms with E-state index in [-0.39, 0.29) is 0 Å². The molecule has 2 heterocycles. The molecule has 6 heteroatoms. The quantitative estimate of drug-likeness (QED) is 0.580.